The molecule has 2 heterocycles. The van der Waals surface area contributed by atoms with Crippen molar-refractivity contribution in [2.45, 2.75) is 27.2 Å². The molecule has 0 fully saturated rings. The molecule has 0 radical (unpaired) electrons. The molecule has 3 rings (SSSR count). The minimum Gasteiger partial charge on any atom is -0.464 e. The number of nitrogens with one attached hydrogen (secondary N) is 1. The summed E-state index contributed by atoms with van der Waals surface area (Å²) >= 11 is 0. The molecule has 1 aromatic carbocycles. The molecular weight excluding hydrogens is 276 g/mol. The number of rotatable bonds is 3. The number of aromatic nitrogens is 1. The minimum atomic E-state index is -0.0981. The minimum absolute atomic E-state index is 0.0981. The summed E-state index contributed by atoms with van der Waals surface area (Å²) in [5.74, 6) is 0.476. The van der Waals surface area contributed by atoms with Gasteiger partial charge < -0.3 is 9.73 Å². The van der Waals surface area contributed by atoms with Crippen molar-refractivity contribution >= 4 is 22.7 Å². The van der Waals surface area contributed by atoms with Crippen LogP contribution in [-0.4, -0.2) is 10.9 Å². The van der Waals surface area contributed by atoms with E-state index in [2.05, 4.69) is 23.3 Å². The lowest BCUT2D eigenvalue weighted by atomic mass is 10.0. The molecule has 3 aromatic rings. The number of nitrogens with zero attached hydrogens (tertiary/aromatic N) is 1. The van der Waals surface area contributed by atoms with Crippen molar-refractivity contribution < 1.29 is 9.21 Å². The maximum absolute atomic E-state index is 12.2. The highest BCUT2D eigenvalue weighted by Gasteiger charge is 2.12. The Bertz CT molecular complexity index is 849. The Hall–Kier alpha value is -2.62. The average molecular weight is 294 g/mol. The van der Waals surface area contributed by atoms with Gasteiger partial charge in [-0.05, 0) is 61.7 Å². The summed E-state index contributed by atoms with van der Waals surface area (Å²) in [7, 11) is 0. The summed E-state index contributed by atoms with van der Waals surface area (Å²) in [5, 5.41) is 3.82. The van der Waals surface area contributed by atoms with E-state index in [1.54, 1.807) is 12.5 Å². The highest BCUT2D eigenvalue weighted by atomic mass is 16.3. The van der Waals surface area contributed by atoms with Gasteiger partial charge in [-0.15, -0.1) is 0 Å². The second-order valence-corrected chi connectivity index (χ2v) is 5.64. The van der Waals surface area contributed by atoms with Crippen LogP contribution in [0.5, 0.6) is 0 Å². The SMILES string of the molecule is Cc1ccnc(NC(=O)Cc2coc3cc(C)c(C)cc23)c1. The molecule has 4 nitrogen and oxygen atoms in total. The summed E-state index contributed by atoms with van der Waals surface area (Å²) in [4.78, 5) is 16.3. The molecular formula is C18H18N2O2. The van der Waals surface area contributed by atoms with E-state index in [1.165, 1.54) is 11.1 Å². The summed E-state index contributed by atoms with van der Waals surface area (Å²) in [6.45, 7) is 6.07. The first-order valence-electron chi connectivity index (χ1n) is 7.23. The molecule has 0 saturated heterocycles. The topological polar surface area (TPSA) is 55.1 Å². The maximum atomic E-state index is 12.2. The van der Waals surface area contributed by atoms with Crippen LogP contribution in [0.15, 0.2) is 41.1 Å². The fraction of sp³-hybridized carbons (Fsp3) is 0.222. The average Bonchev–Trinajstić information content (AvgIpc) is 2.81. The number of benzene rings is 1. The van der Waals surface area contributed by atoms with Gasteiger partial charge >= 0.3 is 0 Å². The third-order valence-corrected chi connectivity index (χ3v) is 3.80. The molecule has 1 amide bonds. The first-order valence-corrected chi connectivity index (χ1v) is 7.23. The zero-order chi connectivity index (χ0) is 15.7. The molecule has 0 aliphatic carbocycles. The monoisotopic (exact) mass is 294 g/mol. The number of carbonyl (C=O) groups excluding carboxylic acids is 1. The van der Waals surface area contributed by atoms with Gasteiger partial charge in [0.1, 0.15) is 11.4 Å². The molecule has 2 aromatic heterocycles. The smallest absolute Gasteiger partial charge is 0.230 e. The molecule has 22 heavy (non-hydrogen) atoms. The van der Waals surface area contributed by atoms with Crippen LogP contribution in [0.1, 0.15) is 22.3 Å². The van der Waals surface area contributed by atoms with E-state index in [4.69, 9.17) is 4.42 Å². The van der Waals surface area contributed by atoms with E-state index in [0.717, 1.165) is 22.1 Å². The van der Waals surface area contributed by atoms with Gasteiger partial charge in [-0.1, -0.05) is 0 Å². The van der Waals surface area contributed by atoms with Crippen molar-refractivity contribution in [2.24, 2.45) is 0 Å². The number of hydrogen-bond acceptors (Lipinski definition) is 3. The molecule has 0 atom stereocenters. The number of fused-ring (bicyclic) bond motifs is 1. The Morgan fingerprint density at radius 1 is 1.18 bits per heavy atom. The van der Waals surface area contributed by atoms with Gasteiger partial charge in [0, 0.05) is 17.1 Å². The summed E-state index contributed by atoms with van der Waals surface area (Å²) in [6.07, 6.45) is 3.61. The van der Waals surface area contributed by atoms with Crippen LogP contribution >= 0.6 is 0 Å². The lowest BCUT2D eigenvalue weighted by Crippen LogP contribution is -2.15. The number of carbonyl (C=O) groups is 1. The van der Waals surface area contributed by atoms with Gasteiger partial charge in [0.25, 0.3) is 0 Å². The van der Waals surface area contributed by atoms with Crippen molar-refractivity contribution in [2.75, 3.05) is 5.32 Å². The zero-order valence-corrected chi connectivity index (χ0v) is 12.9. The number of anilines is 1. The molecule has 0 spiro atoms. The maximum Gasteiger partial charge on any atom is 0.230 e. The quantitative estimate of drug-likeness (QED) is 0.796. The molecule has 0 aliphatic heterocycles. The molecule has 1 N–H and O–H groups in total. The van der Waals surface area contributed by atoms with Crippen LogP contribution in [0.3, 0.4) is 0 Å². The molecule has 4 heteroatoms. The van der Waals surface area contributed by atoms with Crippen LogP contribution < -0.4 is 5.32 Å². The predicted octanol–water partition coefficient (Wildman–Crippen LogP) is 3.93. The van der Waals surface area contributed by atoms with Crippen molar-refractivity contribution in [3.8, 4) is 0 Å². The van der Waals surface area contributed by atoms with Gasteiger partial charge in [-0.25, -0.2) is 4.98 Å². The molecule has 0 aliphatic rings. The van der Waals surface area contributed by atoms with Gasteiger partial charge in [-0.2, -0.15) is 0 Å². The van der Waals surface area contributed by atoms with E-state index in [0.29, 0.717) is 5.82 Å². The highest BCUT2D eigenvalue weighted by molar-refractivity contribution is 5.95. The number of pyridine rings is 1. The first kappa shape index (κ1) is 14.3. The Morgan fingerprint density at radius 2 is 1.95 bits per heavy atom. The molecule has 0 unspecified atom stereocenters. The van der Waals surface area contributed by atoms with Gasteiger partial charge in [0.15, 0.2) is 0 Å². The van der Waals surface area contributed by atoms with Crippen molar-refractivity contribution in [3.63, 3.8) is 0 Å². The van der Waals surface area contributed by atoms with Crippen LogP contribution in [-0.2, 0) is 11.2 Å². The van der Waals surface area contributed by atoms with Crippen LogP contribution in [0.25, 0.3) is 11.0 Å². The lowest BCUT2D eigenvalue weighted by Gasteiger charge is -2.05. The second-order valence-electron chi connectivity index (χ2n) is 5.64. The van der Waals surface area contributed by atoms with E-state index in [-0.39, 0.29) is 12.3 Å². The van der Waals surface area contributed by atoms with E-state index < -0.39 is 0 Å². The van der Waals surface area contributed by atoms with Crippen molar-refractivity contribution in [3.05, 3.63) is 59.0 Å². The van der Waals surface area contributed by atoms with Crippen LogP contribution in [0, 0.1) is 20.8 Å². The van der Waals surface area contributed by atoms with E-state index in [1.807, 2.05) is 32.0 Å². The molecule has 0 saturated carbocycles. The van der Waals surface area contributed by atoms with Gasteiger partial charge in [0.05, 0.1) is 12.7 Å². The first-order chi connectivity index (χ1) is 10.5. The standard InChI is InChI=1S/C18H18N2O2/c1-11-4-5-19-17(6-11)20-18(21)9-14-10-22-16-8-13(3)12(2)7-15(14)16/h4-8,10H,9H2,1-3H3,(H,19,20,21). The summed E-state index contributed by atoms with van der Waals surface area (Å²) in [5.41, 5.74) is 5.14. The Kier molecular flexibility index (Phi) is 3.67. The van der Waals surface area contributed by atoms with Gasteiger partial charge in [-0.3, -0.25) is 4.79 Å². The van der Waals surface area contributed by atoms with Gasteiger partial charge in [0.2, 0.25) is 5.91 Å². The Labute approximate surface area is 129 Å². The van der Waals surface area contributed by atoms with E-state index in [9.17, 15) is 4.79 Å². The number of amides is 1. The van der Waals surface area contributed by atoms with Crippen LogP contribution in [0.2, 0.25) is 0 Å². The summed E-state index contributed by atoms with van der Waals surface area (Å²) < 4.78 is 5.56. The normalized spacial score (nSPS) is 10.9. The molecule has 0 bridgehead atoms. The van der Waals surface area contributed by atoms with Crippen molar-refractivity contribution in [1.82, 2.24) is 4.98 Å². The molecule has 112 valence electrons. The highest BCUT2D eigenvalue weighted by Crippen LogP contribution is 2.25. The third-order valence-electron chi connectivity index (χ3n) is 3.80. The van der Waals surface area contributed by atoms with Crippen LogP contribution in [0.4, 0.5) is 5.82 Å². The largest absolute Gasteiger partial charge is 0.464 e. The second kappa shape index (κ2) is 5.64. The third kappa shape index (κ3) is 2.86. The Morgan fingerprint density at radius 3 is 2.73 bits per heavy atom. The number of aryl methyl sites for hydroxylation is 3. The Balaban J connectivity index is 1.81. The fourth-order valence-electron chi connectivity index (χ4n) is 2.44. The zero-order valence-electron chi connectivity index (χ0n) is 12.9. The van der Waals surface area contributed by atoms with Crippen molar-refractivity contribution in [1.29, 1.82) is 0 Å². The predicted molar refractivity (Wildman–Crippen MR) is 87.0 cm³/mol. The lowest BCUT2D eigenvalue weighted by molar-refractivity contribution is -0.115. The summed E-state index contributed by atoms with van der Waals surface area (Å²) in [6, 6.07) is 7.82. The number of furan rings is 1. The fourth-order valence-corrected chi connectivity index (χ4v) is 2.44. The van der Waals surface area contributed by atoms with E-state index >= 15 is 0 Å². The number of hydrogen-bond donors (Lipinski definition) is 1.